The summed E-state index contributed by atoms with van der Waals surface area (Å²) < 4.78 is 5.12. The average Bonchev–Trinajstić information content (AvgIpc) is 2.90. The summed E-state index contributed by atoms with van der Waals surface area (Å²) in [4.78, 5) is 12.2. The molecule has 1 aromatic heterocycles. The maximum atomic E-state index is 12.2. The second-order valence-corrected chi connectivity index (χ2v) is 4.97. The minimum atomic E-state index is -0.0495. The van der Waals surface area contributed by atoms with Crippen molar-refractivity contribution in [3.8, 4) is 0 Å². The SMILES string of the molecule is COCc1ccccc1C(=O)NCCCc1cn[nH]c1C. The largest absolute Gasteiger partial charge is 0.380 e. The van der Waals surface area contributed by atoms with Crippen LogP contribution >= 0.6 is 0 Å². The molecule has 0 aliphatic rings. The van der Waals surface area contributed by atoms with Crippen molar-refractivity contribution in [1.82, 2.24) is 15.5 Å². The quantitative estimate of drug-likeness (QED) is 0.767. The Balaban J connectivity index is 1.83. The van der Waals surface area contributed by atoms with Gasteiger partial charge in [0.2, 0.25) is 0 Å². The lowest BCUT2D eigenvalue weighted by atomic mass is 10.1. The Hall–Kier alpha value is -2.14. The highest BCUT2D eigenvalue weighted by atomic mass is 16.5. The Morgan fingerprint density at radius 3 is 2.86 bits per heavy atom. The van der Waals surface area contributed by atoms with Gasteiger partial charge in [-0.1, -0.05) is 18.2 Å². The minimum Gasteiger partial charge on any atom is -0.380 e. The molecule has 0 saturated heterocycles. The topological polar surface area (TPSA) is 67.0 Å². The van der Waals surface area contributed by atoms with Crippen molar-refractivity contribution in [1.29, 1.82) is 0 Å². The fourth-order valence-electron chi connectivity index (χ4n) is 2.23. The summed E-state index contributed by atoms with van der Waals surface area (Å²) in [6.07, 6.45) is 3.63. The van der Waals surface area contributed by atoms with Gasteiger partial charge in [-0.15, -0.1) is 0 Å². The van der Waals surface area contributed by atoms with Crippen molar-refractivity contribution < 1.29 is 9.53 Å². The lowest BCUT2D eigenvalue weighted by Crippen LogP contribution is -2.26. The van der Waals surface area contributed by atoms with E-state index in [1.54, 1.807) is 7.11 Å². The van der Waals surface area contributed by atoms with E-state index in [1.807, 2.05) is 37.4 Å². The number of amides is 1. The van der Waals surface area contributed by atoms with Gasteiger partial charge in [0.05, 0.1) is 12.8 Å². The van der Waals surface area contributed by atoms with Crippen molar-refractivity contribution in [3.05, 3.63) is 52.8 Å². The van der Waals surface area contributed by atoms with Crippen molar-refractivity contribution in [2.24, 2.45) is 0 Å². The highest BCUT2D eigenvalue weighted by Crippen LogP contribution is 2.10. The van der Waals surface area contributed by atoms with E-state index in [-0.39, 0.29) is 5.91 Å². The third-order valence-electron chi connectivity index (χ3n) is 3.40. The minimum absolute atomic E-state index is 0.0495. The summed E-state index contributed by atoms with van der Waals surface area (Å²) in [5.41, 5.74) is 3.87. The van der Waals surface area contributed by atoms with Crippen molar-refractivity contribution in [3.63, 3.8) is 0 Å². The number of aromatic nitrogens is 2. The third kappa shape index (κ3) is 4.16. The summed E-state index contributed by atoms with van der Waals surface area (Å²) in [7, 11) is 1.63. The van der Waals surface area contributed by atoms with Gasteiger partial charge in [0, 0.05) is 24.9 Å². The Morgan fingerprint density at radius 2 is 2.14 bits per heavy atom. The number of aromatic amines is 1. The number of carbonyl (C=O) groups excluding carboxylic acids is 1. The molecule has 2 rings (SSSR count). The van der Waals surface area contributed by atoms with Crippen LogP contribution in [0, 0.1) is 6.92 Å². The van der Waals surface area contributed by atoms with Crippen LogP contribution in [0.3, 0.4) is 0 Å². The number of methoxy groups -OCH3 is 1. The maximum Gasteiger partial charge on any atom is 0.251 e. The zero-order valence-corrected chi connectivity index (χ0v) is 12.5. The van der Waals surface area contributed by atoms with E-state index in [4.69, 9.17) is 4.74 Å². The van der Waals surface area contributed by atoms with Crippen molar-refractivity contribution in [2.75, 3.05) is 13.7 Å². The van der Waals surface area contributed by atoms with Crippen LogP contribution < -0.4 is 5.32 Å². The van der Waals surface area contributed by atoms with E-state index in [0.29, 0.717) is 18.7 Å². The molecule has 1 amide bonds. The molecule has 2 N–H and O–H groups in total. The van der Waals surface area contributed by atoms with Gasteiger partial charge in [0.1, 0.15) is 0 Å². The highest BCUT2D eigenvalue weighted by Gasteiger charge is 2.10. The second kappa shape index (κ2) is 7.59. The van der Waals surface area contributed by atoms with E-state index in [2.05, 4.69) is 15.5 Å². The van der Waals surface area contributed by atoms with E-state index in [1.165, 1.54) is 5.56 Å². The number of ether oxygens (including phenoxy) is 1. The molecule has 0 atom stereocenters. The molecule has 2 aromatic rings. The summed E-state index contributed by atoms with van der Waals surface area (Å²) >= 11 is 0. The van der Waals surface area contributed by atoms with Gasteiger partial charge in [-0.05, 0) is 37.0 Å². The van der Waals surface area contributed by atoms with E-state index in [9.17, 15) is 4.79 Å². The molecular formula is C16H21N3O2. The van der Waals surface area contributed by atoms with Gasteiger partial charge in [-0.3, -0.25) is 9.89 Å². The maximum absolute atomic E-state index is 12.2. The smallest absolute Gasteiger partial charge is 0.251 e. The Bertz CT molecular complexity index is 593. The number of rotatable bonds is 7. The van der Waals surface area contributed by atoms with Crippen LogP contribution in [-0.2, 0) is 17.8 Å². The van der Waals surface area contributed by atoms with Crippen LogP contribution in [0.2, 0.25) is 0 Å². The first-order chi connectivity index (χ1) is 10.2. The first-order valence-electron chi connectivity index (χ1n) is 7.06. The van der Waals surface area contributed by atoms with Crippen LogP contribution in [0.15, 0.2) is 30.5 Å². The lowest BCUT2D eigenvalue weighted by Gasteiger charge is -2.09. The van der Waals surface area contributed by atoms with Gasteiger partial charge < -0.3 is 10.1 Å². The summed E-state index contributed by atoms with van der Waals surface area (Å²) in [6.45, 7) is 3.09. The fraction of sp³-hybridized carbons (Fsp3) is 0.375. The van der Waals surface area contributed by atoms with Crippen LogP contribution in [0.25, 0.3) is 0 Å². The molecule has 0 saturated carbocycles. The molecular weight excluding hydrogens is 266 g/mol. The lowest BCUT2D eigenvalue weighted by molar-refractivity contribution is 0.0948. The molecule has 0 unspecified atom stereocenters. The zero-order chi connectivity index (χ0) is 15.1. The predicted octanol–water partition coefficient (Wildman–Crippen LogP) is 2.23. The molecule has 1 heterocycles. The number of nitrogens with zero attached hydrogens (tertiary/aromatic N) is 1. The normalized spacial score (nSPS) is 10.6. The van der Waals surface area contributed by atoms with E-state index < -0.39 is 0 Å². The van der Waals surface area contributed by atoms with E-state index in [0.717, 1.165) is 24.1 Å². The van der Waals surface area contributed by atoms with Crippen molar-refractivity contribution in [2.45, 2.75) is 26.4 Å². The van der Waals surface area contributed by atoms with Gasteiger partial charge in [0.15, 0.2) is 0 Å². The molecule has 0 aliphatic carbocycles. The van der Waals surface area contributed by atoms with Crippen LogP contribution in [0.5, 0.6) is 0 Å². The Morgan fingerprint density at radius 1 is 1.33 bits per heavy atom. The first-order valence-corrected chi connectivity index (χ1v) is 7.06. The van der Waals surface area contributed by atoms with Gasteiger partial charge in [-0.25, -0.2) is 0 Å². The molecule has 1 aromatic carbocycles. The Labute approximate surface area is 124 Å². The molecule has 0 fully saturated rings. The molecule has 21 heavy (non-hydrogen) atoms. The molecule has 0 spiro atoms. The molecule has 5 heteroatoms. The summed E-state index contributed by atoms with van der Waals surface area (Å²) in [5, 5.41) is 9.86. The second-order valence-electron chi connectivity index (χ2n) is 4.97. The number of hydrogen-bond donors (Lipinski definition) is 2. The standard InChI is InChI=1S/C16H21N3O2/c1-12-13(10-18-19-12)7-5-9-17-16(20)15-8-4-3-6-14(15)11-21-2/h3-4,6,8,10H,5,7,9,11H2,1-2H3,(H,17,20)(H,18,19). The van der Waals surface area contributed by atoms with Crippen LogP contribution in [0.1, 0.15) is 33.6 Å². The van der Waals surface area contributed by atoms with Crippen molar-refractivity contribution >= 4 is 5.91 Å². The van der Waals surface area contributed by atoms with Gasteiger partial charge >= 0.3 is 0 Å². The summed E-state index contributed by atoms with van der Waals surface area (Å²) in [5.74, 6) is -0.0495. The number of aryl methyl sites for hydroxylation is 2. The molecule has 0 bridgehead atoms. The zero-order valence-electron chi connectivity index (χ0n) is 12.5. The Kier molecular flexibility index (Phi) is 5.51. The van der Waals surface area contributed by atoms with Gasteiger partial charge in [-0.2, -0.15) is 5.10 Å². The number of carbonyl (C=O) groups is 1. The number of hydrogen-bond acceptors (Lipinski definition) is 3. The van der Waals surface area contributed by atoms with Gasteiger partial charge in [0.25, 0.3) is 5.91 Å². The molecule has 112 valence electrons. The summed E-state index contributed by atoms with van der Waals surface area (Å²) in [6, 6.07) is 7.51. The predicted molar refractivity (Wildman–Crippen MR) is 81.1 cm³/mol. The number of H-pyrrole nitrogens is 1. The van der Waals surface area contributed by atoms with Crippen LogP contribution in [0.4, 0.5) is 0 Å². The van der Waals surface area contributed by atoms with E-state index >= 15 is 0 Å². The highest BCUT2D eigenvalue weighted by molar-refractivity contribution is 5.95. The monoisotopic (exact) mass is 287 g/mol. The third-order valence-corrected chi connectivity index (χ3v) is 3.40. The fourth-order valence-corrected chi connectivity index (χ4v) is 2.23. The number of benzene rings is 1. The molecule has 5 nitrogen and oxygen atoms in total. The number of nitrogens with one attached hydrogen (secondary N) is 2. The molecule has 0 radical (unpaired) electrons. The molecule has 0 aliphatic heterocycles. The average molecular weight is 287 g/mol. The first kappa shape index (κ1) is 15.3. The van der Waals surface area contributed by atoms with Crippen LogP contribution in [-0.4, -0.2) is 29.8 Å².